The number of rotatable bonds is 5. The summed E-state index contributed by atoms with van der Waals surface area (Å²) in [5.41, 5.74) is 2.00. The van der Waals surface area contributed by atoms with E-state index in [0.717, 1.165) is 11.1 Å². The fourth-order valence-corrected chi connectivity index (χ4v) is 4.74. The van der Waals surface area contributed by atoms with E-state index in [9.17, 15) is 14.9 Å². The molecule has 0 unspecified atom stereocenters. The van der Waals surface area contributed by atoms with E-state index in [1.165, 1.54) is 24.3 Å². The van der Waals surface area contributed by atoms with Gasteiger partial charge >= 0.3 is 6.09 Å². The van der Waals surface area contributed by atoms with Gasteiger partial charge in [-0.3, -0.25) is 15.0 Å². The minimum Gasteiger partial charge on any atom is -0.454 e. The maximum absolute atomic E-state index is 12.7. The van der Waals surface area contributed by atoms with Crippen LogP contribution in [0.15, 0.2) is 60.7 Å². The van der Waals surface area contributed by atoms with Crippen LogP contribution in [0.1, 0.15) is 17.2 Å². The Labute approximate surface area is 211 Å². The molecule has 11 nitrogen and oxygen atoms in total. The summed E-state index contributed by atoms with van der Waals surface area (Å²) in [5, 5.41) is 10.8. The molecule has 0 radical (unpaired) electrons. The Balaban J connectivity index is 1.19. The second-order valence-electron chi connectivity index (χ2n) is 8.77. The summed E-state index contributed by atoms with van der Waals surface area (Å²) >= 11 is 0. The number of benzene rings is 3. The minimum atomic E-state index is -0.498. The molecule has 6 rings (SSSR count). The summed E-state index contributed by atoms with van der Waals surface area (Å²) in [5.74, 6) is 3.10. The molecule has 0 N–H and O–H groups in total. The SMILES string of the molecule is O=C(Oc1ccc([N+](=O)[O-])cc1)N1CCN(C(c2ccc3c(c2)OCO3)c2ccc3c(c2)OCO3)CC1. The highest BCUT2D eigenvalue weighted by atomic mass is 16.7. The van der Waals surface area contributed by atoms with Gasteiger partial charge in [0.05, 0.1) is 11.0 Å². The van der Waals surface area contributed by atoms with Gasteiger partial charge < -0.3 is 28.6 Å². The van der Waals surface area contributed by atoms with E-state index in [2.05, 4.69) is 4.90 Å². The average Bonchev–Trinajstić information content (AvgIpc) is 3.58. The van der Waals surface area contributed by atoms with E-state index in [0.29, 0.717) is 49.2 Å². The average molecular weight is 505 g/mol. The quantitative estimate of drug-likeness (QED) is 0.376. The number of carbonyl (C=O) groups excluding carboxylic acids is 1. The van der Waals surface area contributed by atoms with Crippen LogP contribution in [-0.2, 0) is 0 Å². The third kappa shape index (κ3) is 4.56. The summed E-state index contributed by atoms with van der Waals surface area (Å²) in [6.07, 6.45) is -0.490. The van der Waals surface area contributed by atoms with Crippen LogP contribution in [0.3, 0.4) is 0 Å². The predicted molar refractivity (Wildman–Crippen MR) is 129 cm³/mol. The number of ether oxygens (including phenoxy) is 5. The molecule has 3 aliphatic heterocycles. The van der Waals surface area contributed by atoms with Gasteiger partial charge in [-0.2, -0.15) is 0 Å². The largest absolute Gasteiger partial charge is 0.454 e. The van der Waals surface area contributed by atoms with Crippen molar-refractivity contribution in [2.45, 2.75) is 6.04 Å². The zero-order chi connectivity index (χ0) is 25.4. The second-order valence-corrected chi connectivity index (χ2v) is 8.77. The summed E-state index contributed by atoms with van der Waals surface area (Å²) in [7, 11) is 0. The number of amides is 1. The first-order chi connectivity index (χ1) is 18.0. The van der Waals surface area contributed by atoms with E-state index in [-0.39, 0.29) is 31.1 Å². The van der Waals surface area contributed by atoms with Gasteiger partial charge in [0.15, 0.2) is 23.0 Å². The molecule has 37 heavy (non-hydrogen) atoms. The van der Waals surface area contributed by atoms with Crippen LogP contribution in [0.4, 0.5) is 10.5 Å². The Morgan fingerprint density at radius 3 is 1.86 bits per heavy atom. The lowest BCUT2D eigenvalue weighted by atomic mass is 9.95. The first-order valence-corrected chi connectivity index (χ1v) is 11.8. The molecule has 0 bridgehead atoms. The zero-order valence-corrected chi connectivity index (χ0v) is 19.7. The topological polar surface area (TPSA) is 113 Å². The summed E-state index contributed by atoms with van der Waals surface area (Å²) in [6.45, 7) is 2.51. The number of nitrogens with zero attached hydrogens (tertiary/aromatic N) is 3. The molecular weight excluding hydrogens is 482 g/mol. The van der Waals surface area contributed by atoms with Crippen molar-refractivity contribution >= 4 is 11.8 Å². The van der Waals surface area contributed by atoms with Gasteiger partial charge in [0, 0.05) is 38.3 Å². The highest BCUT2D eigenvalue weighted by molar-refractivity contribution is 5.71. The van der Waals surface area contributed by atoms with Crippen molar-refractivity contribution in [3.63, 3.8) is 0 Å². The molecule has 190 valence electrons. The Kier molecular flexibility index (Phi) is 5.89. The maximum atomic E-state index is 12.7. The summed E-state index contributed by atoms with van der Waals surface area (Å²) < 4.78 is 27.7. The fraction of sp³-hybridized carbons (Fsp3) is 0.269. The third-order valence-electron chi connectivity index (χ3n) is 6.62. The van der Waals surface area contributed by atoms with Gasteiger partial charge in [-0.1, -0.05) is 12.1 Å². The lowest BCUT2D eigenvalue weighted by Gasteiger charge is -2.39. The Hall–Kier alpha value is -4.51. The van der Waals surface area contributed by atoms with Gasteiger partial charge in [0.2, 0.25) is 13.6 Å². The van der Waals surface area contributed by atoms with Crippen molar-refractivity contribution in [1.29, 1.82) is 0 Å². The van der Waals surface area contributed by atoms with Crippen molar-refractivity contribution in [3.8, 4) is 28.7 Å². The number of fused-ring (bicyclic) bond motifs is 2. The molecule has 0 aliphatic carbocycles. The number of hydrogen-bond donors (Lipinski definition) is 0. The molecule has 3 aromatic carbocycles. The monoisotopic (exact) mass is 505 g/mol. The molecule has 0 saturated carbocycles. The normalized spacial score (nSPS) is 16.2. The Bertz CT molecular complexity index is 1280. The zero-order valence-electron chi connectivity index (χ0n) is 19.7. The second kappa shape index (κ2) is 9.51. The molecule has 3 heterocycles. The Morgan fingerprint density at radius 1 is 0.784 bits per heavy atom. The standard InChI is InChI=1S/C26H23N3O8/c30-26(37-20-5-3-19(4-6-20)29(31)32)28-11-9-27(10-12-28)25(17-1-7-21-23(13-17)35-15-33-21)18-2-8-22-24(14-18)36-16-34-22/h1-8,13-14,25H,9-12,15-16H2. The molecule has 1 saturated heterocycles. The molecule has 0 atom stereocenters. The number of nitro benzene ring substituents is 1. The van der Waals surface area contributed by atoms with E-state index in [1.54, 1.807) is 4.90 Å². The molecule has 0 spiro atoms. The number of non-ortho nitro benzene ring substituents is 1. The fourth-order valence-electron chi connectivity index (χ4n) is 4.74. The van der Waals surface area contributed by atoms with Gasteiger partial charge in [-0.05, 0) is 47.5 Å². The van der Waals surface area contributed by atoms with E-state index in [1.807, 2.05) is 36.4 Å². The summed E-state index contributed by atoms with van der Waals surface area (Å²) in [6, 6.07) is 17.2. The van der Waals surface area contributed by atoms with Crippen molar-refractivity contribution in [1.82, 2.24) is 9.80 Å². The van der Waals surface area contributed by atoms with Crippen molar-refractivity contribution in [2.24, 2.45) is 0 Å². The third-order valence-corrected chi connectivity index (χ3v) is 6.62. The summed E-state index contributed by atoms with van der Waals surface area (Å²) in [4.78, 5) is 27.0. The number of nitro groups is 1. The van der Waals surface area contributed by atoms with E-state index < -0.39 is 11.0 Å². The molecule has 1 amide bonds. The number of carbonyl (C=O) groups is 1. The van der Waals surface area contributed by atoms with Gasteiger partial charge in [0.25, 0.3) is 5.69 Å². The van der Waals surface area contributed by atoms with Crippen molar-refractivity contribution < 1.29 is 33.4 Å². The van der Waals surface area contributed by atoms with Gasteiger partial charge in [-0.15, -0.1) is 0 Å². The van der Waals surface area contributed by atoms with Crippen LogP contribution >= 0.6 is 0 Å². The van der Waals surface area contributed by atoms with Crippen molar-refractivity contribution in [3.05, 3.63) is 81.9 Å². The molecule has 11 heteroatoms. The number of piperazine rings is 1. The van der Waals surface area contributed by atoms with E-state index in [4.69, 9.17) is 23.7 Å². The minimum absolute atomic E-state index is 0.0634. The molecule has 1 fully saturated rings. The van der Waals surface area contributed by atoms with Gasteiger partial charge in [0.1, 0.15) is 5.75 Å². The highest BCUT2D eigenvalue weighted by Crippen LogP contribution is 2.41. The van der Waals surface area contributed by atoms with E-state index >= 15 is 0 Å². The van der Waals surface area contributed by atoms with Crippen LogP contribution < -0.4 is 23.7 Å². The predicted octanol–water partition coefficient (Wildman–Crippen LogP) is 3.96. The smallest absolute Gasteiger partial charge is 0.415 e. The lowest BCUT2D eigenvalue weighted by molar-refractivity contribution is -0.384. The molecule has 3 aromatic rings. The van der Waals surface area contributed by atoms with Gasteiger partial charge in [-0.25, -0.2) is 4.79 Å². The van der Waals surface area contributed by atoms with Crippen LogP contribution in [0.2, 0.25) is 0 Å². The van der Waals surface area contributed by atoms with Crippen LogP contribution in [0.5, 0.6) is 28.7 Å². The Morgan fingerprint density at radius 2 is 1.32 bits per heavy atom. The van der Waals surface area contributed by atoms with Crippen LogP contribution in [-0.4, -0.2) is 60.6 Å². The van der Waals surface area contributed by atoms with Crippen molar-refractivity contribution in [2.75, 3.05) is 39.8 Å². The van der Waals surface area contributed by atoms with Crippen LogP contribution in [0, 0.1) is 10.1 Å². The first kappa shape index (κ1) is 22.9. The first-order valence-electron chi connectivity index (χ1n) is 11.8. The van der Waals surface area contributed by atoms with Crippen LogP contribution in [0.25, 0.3) is 0 Å². The lowest BCUT2D eigenvalue weighted by Crippen LogP contribution is -2.50. The molecular formula is C26H23N3O8. The molecule has 0 aromatic heterocycles. The maximum Gasteiger partial charge on any atom is 0.415 e. The molecule has 3 aliphatic rings. The highest BCUT2D eigenvalue weighted by Gasteiger charge is 2.31. The number of hydrogen-bond acceptors (Lipinski definition) is 9.